The fourth-order valence-electron chi connectivity index (χ4n) is 8.25. The fraction of sp³-hybridized carbons (Fsp3) is 0.643. The van der Waals surface area contributed by atoms with Crippen LogP contribution >= 0.6 is 0 Å². The van der Waals surface area contributed by atoms with Gasteiger partial charge in [0.05, 0.1) is 12.7 Å². The van der Waals surface area contributed by atoms with Crippen LogP contribution in [0, 0.1) is 34.5 Å². The second kappa shape index (κ2) is 7.69. The van der Waals surface area contributed by atoms with E-state index >= 15 is 0 Å². The maximum absolute atomic E-state index is 12.6. The Hall–Kier alpha value is -1.74. The number of Topliss-reactive ketones (excluding diaryl/α,β-unsaturated/α-hetero) is 1. The Balaban J connectivity index is 1.52. The van der Waals surface area contributed by atoms with Gasteiger partial charge in [-0.05, 0) is 85.7 Å². The molecule has 3 fully saturated rings. The number of benzene rings is 1. The van der Waals surface area contributed by atoms with Crippen molar-refractivity contribution in [3.8, 4) is 0 Å². The summed E-state index contributed by atoms with van der Waals surface area (Å²) in [6, 6.07) is 10.4. The highest BCUT2D eigenvalue weighted by Gasteiger charge is 2.63. The van der Waals surface area contributed by atoms with Crippen LogP contribution in [0.5, 0.6) is 0 Å². The van der Waals surface area contributed by atoms with Gasteiger partial charge in [-0.1, -0.05) is 49.8 Å². The van der Waals surface area contributed by atoms with Crippen molar-refractivity contribution in [1.29, 1.82) is 0 Å². The minimum absolute atomic E-state index is 0.0381. The van der Waals surface area contributed by atoms with Gasteiger partial charge in [0.2, 0.25) is 0 Å². The molecule has 3 heteroatoms. The molecule has 5 rings (SSSR count). The van der Waals surface area contributed by atoms with Gasteiger partial charge >= 0.3 is 0 Å². The average Bonchev–Trinajstić information content (AvgIpc) is 3.10. The van der Waals surface area contributed by atoms with E-state index in [1.54, 1.807) is 6.92 Å². The van der Waals surface area contributed by atoms with Crippen molar-refractivity contribution in [2.75, 3.05) is 0 Å². The second-order valence-electron chi connectivity index (χ2n) is 11.2. The smallest absolute Gasteiger partial charge is 0.155 e. The van der Waals surface area contributed by atoms with Crippen LogP contribution in [0.3, 0.4) is 0 Å². The highest BCUT2D eigenvalue weighted by Crippen LogP contribution is 2.67. The molecule has 4 aliphatic carbocycles. The van der Waals surface area contributed by atoms with Crippen LogP contribution in [0.1, 0.15) is 71.3 Å². The summed E-state index contributed by atoms with van der Waals surface area (Å²) in [5, 5.41) is 0. The predicted molar refractivity (Wildman–Crippen MR) is 121 cm³/mol. The first-order valence-electron chi connectivity index (χ1n) is 12.2. The summed E-state index contributed by atoms with van der Waals surface area (Å²) in [4.78, 5) is 24.8. The molecule has 31 heavy (non-hydrogen) atoms. The Morgan fingerprint density at radius 2 is 1.87 bits per heavy atom. The van der Waals surface area contributed by atoms with E-state index in [0.29, 0.717) is 42.3 Å². The lowest BCUT2D eigenvalue weighted by atomic mass is 9.46. The number of allylic oxidation sites excluding steroid dienone is 1. The lowest BCUT2D eigenvalue weighted by Gasteiger charge is -2.60. The quantitative estimate of drug-likeness (QED) is 0.607. The van der Waals surface area contributed by atoms with E-state index in [1.165, 1.54) is 17.6 Å². The number of fused-ring (bicyclic) bond motifs is 5. The van der Waals surface area contributed by atoms with Crippen molar-refractivity contribution in [3.63, 3.8) is 0 Å². The van der Waals surface area contributed by atoms with Gasteiger partial charge in [0.1, 0.15) is 5.78 Å². The number of ether oxygens (including phenoxy) is 1. The topological polar surface area (TPSA) is 43.4 Å². The number of hydrogen-bond donors (Lipinski definition) is 0. The van der Waals surface area contributed by atoms with Crippen LogP contribution in [0.25, 0.3) is 0 Å². The zero-order chi connectivity index (χ0) is 21.8. The van der Waals surface area contributed by atoms with Crippen LogP contribution < -0.4 is 0 Å². The van der Waals surface area contributed by atoms with Gasteiger partial charge in [-0.3, -0.25) is 9.59 Å². The Kier molecular flexibility index (Phi) is 5.24. The van der Waals surface area contributed by atoms with E-state index in [1.807, 2.05) is 12.1 Å². The summed E-state index contributed by atoms with van der Waals surface area (Å²) in [5.41, 5.74) is 2.66. The van der Waals surface area contributed by atoms with E-state index < -0.39 is 0 Å². The van der Waals surface area contributed by atoms with Crippen molar-refractivity contribution in [2.24, 2.45) is 34.5 Å². The molecule has 3 saturated carbocycles. The lowest BCUT2D eigenvalue weighted by molar-refractivity contribution is -0.161. The summed E-state index contributed by atoms with van der Waals surface area (Å²) in [6.45, 7) is 7.19. The van der Waals surface area contributed by atoms with E-state index in [-0.39, 0.29) is 22.9 Å². The van der Waals surface area contributed by atoms with Gasteiger partial charge in [0, 0.05) is 12.3 Å². The third-order valence-corrected chi connectivity index (χ3v) is 9.67. The molecule has 166 valence electrons. The molecular formula is C28H36O3. The lowest BCUT2D eigenvalue weighted by Crippen LogP contribution is -2.57. The van der Waals surface area contributed by atoms with Gasteiger partial charge in [0.15, 0.2) is 5.78 Å². The third kappa shape index (κ3) is 3.35. The number of carbonyl (C=O) groups is 2. The van der Waals surface area contributed by atoms with E-state index in [4.69, 9.17) is 4.74 Å². The van der Waals surface area contributed by atoms with Gasteiger partial charge in [-0.15, -0.1) is 0 Å². The molecule has 7 atom stereocenters. The highest BCUT2D eigenvalue weighted by molar-refractivity contribution is 5.91. The number of carbonyl (C=O) groups excluding carboxylic acids is 2. The van der Waals surface area contributed by atoms with E-state index in [0.717, 1.165) is 32.1 Å². The van der Waals surface area contributed by atoms with Crippen LogP contribution in [0.15, 0.2) is 42.0 Å². The zero-order valence-corrected chi connectivity index (χ0v) is 19.2. The standard InChI is InChI=1S/C28H36O3/c1-18(29)23-11-12-24-22-10-9-20-15-21(30)13-14-27(20,2)26(22)25(16-28(23,24)3)31-17-19-7-5-4-6-8-19/h4-8,15,22-26H,9-14,16-17H2,1-3H3/t22-,23+,24-,25+,26+,27-,28+/m0/s1. The normalized spacial score (nSPS) is 41.7. The van der Waals surface area contributed by atoms with Gasteiger partial charge in [0.25, 0.3) is 0 Å². The third-order valence-electron chi connectivity index (χ3n) is 9.67. The minimum Gasteiger partial charge on any atom is -0.373 e. The maximum atomic E-state index is 12.6. The van der Waals surface area contributed by atoms with Gasteiger partial charge in [-0.2, -0.15) is 0 Å². The fourth-order valence-corrected chi connectivity index (χ4v) is 8.25. The molecule has 0 saturated heterocycles. The first-order valence-corrected chi connectivity index (χ1v) is 12.2. The van der Waals surface area contributed by atoms with Crippen LogP contribution in [-0.2, 0) is 20.9 Å². The summed E-state index contributed by atoms with van der Waals surface area (Å²) in [7, 11) is 0. The largest absolute Gasteiger partial charge is 0.373 e. The minimum atomic E-state index is 0.0381. The predicted octanol–water partition coefficient (Wildman–Crippen LogP) is 5.92. The molecule has 0 amide bonds. The van der Waals surface area contributed by atoms with Gasteiger partial charge < -0.3 is 4.74 Å². The van der Waals surface area contributed by atoms with Crippen LogP contribution in [0.2, 0.25) is 0 Å². The molecule has 4 aliphatic rings. The molecule has 0 aromatic heterocycles. The Morgan fingerprint density at radius 1 is 1.10 bits per heavy atom. The molecule has 0 spiro atoms. The molecule has 0 unspecified atom stereocenters. The molecule has 1 aromatic carbocycles. The Morgan fingerprint density at radius 3 is 2.61 bits per heavy atom. The Labute approximate surface area is 186 Å². The zero-order valence-electron chi connectivity index (χ0n) is 19.2. The van der Waals surface area contributed by atoms with Crippen molar-refractivity contribution in [1.82, 2.24) is 0 Å². The van der Waals surface area contributed by atoms with Crippen molar-refractivity contribution in [2.45, 2.75) is 78.4 Å². The van der Waals surface area contributed by atoms with Crippen molar-refractivity contribution < 1.29 is 14.3 Å². The highest BCUT2D eigenvalue weighted by atomic mass is 16.5. The van der Waals surface area contributed by atoms with E-state index in [9.17, 15) is 9.59 Å². The number of rotatable bonds is 4. The maximum Gasteiger partial charge on any atom is 0.155 e. The van der Waals surface area contributed by atoms with E-state index in [2.05, 4.69) is 38.1 Å². The summed E-state index contributed by atoms with van der Waals surface area (Å²) in [5.74, 6) is 2.44. The van der Waals surface area contributed by atoms with Crippen LogP contribution in [0.4, 0.5) is 0 Å². The molecule has 3 nitrogen and oxygen atoms in total. The first kappa shape index (κ1) is 21.1. The summed E-state index contributed by atoms with van der Waals surface area (Å²) >= 11 is 0. The first-order chi connectivity index (χ1) is 14.8. The number of ketones is 2. The number of hydrogen-bond acceptors (Lipinski definition) is 3. The molecule has 0 heterocycles. The molecule has 0 bridgehead atoms. The molecular weight excluding hydrogens is 384 g/mol. The Bertz CT molecular complexity index is 902. The average molecular weight is 421 g/mol. The molecule has 0 radical (unpaired) electrons. The monoisotopic (exact) mass is 420 g/mol. The SMILES string of the molecule is CC(=O)[C@H]1CC[C@H]2[C@@H]3CCC4=CC(=O)CC[C@]4(C)[C@H]3[C@H](OCc3ccccc3)C[C@]12C. The summed E-state index contributed by atoms with van der Waals surface area (Å²) < 4.78 is 6.76. The van der Waals surface area contributed by atoms with Gasteiger partial charge in [-0.25, -0.2) is 0 Å². The molecule has 0 aliphatic heterocycles. The van der Waals surface area contributed by atoms with Crippen molar-refractivity contribution >= 4 is 11.6 Å². The molecule has 1 aromatic rings. The molecule has 0 N–H and O–H groups in total. The van der Waals surface area contributed by atoms with Crippen molar-refractivity contribution in [3.05, 3.63) is 47.5 Å². The van der Waals surface area contributed by atoms with Crippen LogP contribution in [-0.4, -0.2) is 17.7 Å². The summed E-state index contributed by atoms with van der Waals surface area (Å²) in [6.07, 6.45) is 9.04. The second-order valence-corrected chi connectivity index (χ2v) is 11.2.